The number of ether oxygens (including phenoxy) is 2. The van der Waals surface area contributed by atoms with Gasteiger partial charge in [0.15, 0.2) is 5.13 Å². The van der Waals surface area contributed by atoms with E-state index in [4.69, 9.17) is 9.47 Å². The number of hydrogen-bond donors (Lipinski definition) is 1. The number of aromatic nitrogens is 1. The molecule has 1 saturated heterocycles. The molecule has 1 aliphatic rings. The zero-order chi connectivity index (χ0) is 22.8. The minimum Gasteiger partial charge on any atom is -0.495 e. The summed E-state index contributed by atoms with van der Waals surface area (Å²) in [5.74, 6) is -0.996. The summed E-state index contributed by atoms with van der Waals surface area (Å²) in [6, 6.07) is 6.40. The molecule has 0 unspecified atom stereocenters. The fraction of sp³-hybridized carbons (Fsp3) is 0.350. The van der Waals surface area contributed by atoms with E-state index >= 15 is 0 Å². The Bertz CT molecular complexity index is 1030. The Kier molecular flexibility index (Phi) is 6.25. The standard InChI is InChI=1S/C20H22N4O6S/c1-12(25)24(14-7-5-6-8-15(14)29-4)19-21-13(11-31-19)10-30-16(26)9-23-17(27)20(2,3)22-18(23)28/h5-8,11H,9-10H2,1-4H3,(H,22,28). The Hall–Kier alpha value is -3.47. The molecular weight excluding hydrogens is 424 g/mol. The van der Waals surface area contributed by atoms with Gasteiger partial charge in [-0.05, 0) is 26.0 Å². The second kappa shape index (κ2) is 8.72. The molecule has 2 heterocycles. The van der Waals surface area contributed by atoms with Gasteiger partial charge in [0.05, 0.1) is 18.5 Å². The number of methoxy groups -OCH3 is 1. The number of esters is 1. The van der Waals surface area contributed by atoms with Gasteiger partial charge in [0.1, 0.15) is 24.4 Å². The highest BCUT2D eigenvalue weighted by atomic mass is 32.1. The van der Waals surface area contributed by atoms with Crippen molar-refractivity contribution in [2.75, 3.05) is 18.6 Å². The first-order valence-corrected chi connectivity index (χ1v) is 10.2. The van der Waals surface area contributed by atoms with E-state index in [9.17, 15) is 19.2 Å². The van der Waals surface area contributed by atoms with Crippen molar-refractivity contribution >= 4 is 46.0 Å². The van der Waals surface area contributed by atoms with Crippen LogP contribution in [-0.2, 0) is 25.7 Å². The first kappa shape index (κ1) is 22.2. The lowest BCUT2D eigenvalue weighted by atomic mass is 10.1. The number of urea groups is 1. The number of amides is 4. The van der Waals surface area contributed by atoms with Crippen LogP contribution in [0.15, 0.2) is 29.6 Å². The molecule has 1 fully saturated rings. The van der Waals surface area contributed by atoms with Crippen molar-refractivity contribution < 1.29 is 28.7 Å². The van der Waals surface area contributed by atoms with Crippen LogP contribution in [0.3, 0.4) is 0 Å². The second-order valence-electron chi connectivity index (χ2n) is 7.25. The first-order valence-electron chi connectivity index (χ1n) is 9.32. The fourth-order valence-corrected chi connectivity index (χ4v) is 3.84. The molecule has 0 atom stereocenters. The number of rotatable bonds is 7. The smallest absolute Gasteiger partial charge is 0.326 e. The van der Waals surface area contributed by atoms with E-state index in [2.05, 4.69) is 10.3 Å². The summed E-state index contributed by atoms with van der Waals surface area (Å²) >= 11 is 1.20. The van der Waals surface area contributed by atoms with E-state index in [1.54, 1.807) is 43.5 Å². The van der Waals surface area contributed by atoms with Gasteiger partial charge in [-0.15, -0.1) is 11.3 Å². The molecule has 10 nitrogen and oxygen atoms in total. The maximum atomic E-state index is 12.3. The van der Waals surface area contributed by atoms with Gasteiger partial charge in [0.25, 0.3) is 5.91 Å². The average molecular weight is 446 g/mol. The maximum Gasteiger partial charge on any atom is 0.326 e. The zero-order valence-electron chi connectivity index (χ0n) is 17.5. The maximum absolute atomic E-state index is 12.3. The summed E-state index contributed by atoms with van der Waals surface area (Å²) in [7, 11) is 1.51. The van der Waals surface area contributed by atoms with Gasteiger partial charge in [-0.1, -0.05) is 12.1 Å². The van der Waals surface area contributed by atoms with Crippen molar-refractivity contribution in [2.45, 2.75) is 32.9 Å². The van der Waals surface area contributed by atoms with E-state index in [0.717, 1.165) is 4.90 Å². The molecule has 1 aromatic carbocycles. The van der Waals surface area contributed by atoms with E-state index in [1.807, 2.05) is 0 Å². The molecule has 11 heteroatoms. The Labute approximate surface area is 182 Å². The van der Waals surface area contributed by atoms with Crippen molar-refractivity contribution in [1.29, 1.82) is 0 Å². The van der Waals surface area contributed by atoms with Crippen LogP contribution >= 0.6 is 11.3 Å². The molecule has 0 radical (unpaired) electrons. The number of benzene rings is 1. The average Bonchev–Trinajstić information content (AvgIpc) is 3.24. The number of para-hydroxylation sites is 2. The normalized spacial score (nSPS) is 14.9. The lowest BCUT2D eigenvalue weighted by Crippen LogP contribution is -2.41. The Morgan fingerprint density at radius 1 is 1.26 bits per heavy atom. The van der Waals surface area contributed by atoms with Crippen molar-refractivity contribution in [3.63, 3.8) is 0 Å². The van der Waals surface area contributed by atoms with Crippen LogP contribution in [0.4, 0.5) is 15.6 Å². The van der Waals surface area contributed by atoms with Crippen LogP contribution in [-0.4, -0.2) is 52.9 Å². The highest BCUT2D eigenvalue weighted by molar-refractivity contribution is 7.14. The van der Waals surface area contributed by atoms with Gasteiger partial charge in [-0.3, -0.25) is 24.2 Å². The molecule has 2 aromatic rings. The third kappa shape index (κ3) is 4.66. The SMILES string of the molecule is COc1ccccc1N(C(C)=O)c1nc(COC(=O)CN2C(=O)NC(C)(C)C2=O)cs1. The summed E-state index contributed by atoms with van der Waals surface area (Å²) in [6.07, 6.45) is 0. The molecule has 3 rings (SSSR count). The van der Waals surface area contributed by atoms with Crippen molar-refractivity contribution in [3.05, 3.63) is 35.3 Å². The lowest BCUT2D eigenvalue weighted by molar-refractivity contribution is -0.148. The van der Waals surface area contributed by atoms with Crippen LogP contribution in [0, 0.1) is 0 Å². The third-order valence-electron chi connectivity index (χ3n) is 4.48. The van der Waals surface area contributed by atoms with Crippen molar-refractivity contribution in [2.24, 2.45) is 0 Å². The van der Waals surface area contributed by atoms with Crippen molar-refractivity contribution in [1.82, 2.24) is 15.2 Å². The molecule has 1 N–H and O–H groups in total. The summed E-state index contributed by atoms with van der Waals surface area (Å²) in [4.78, 5) is 55.0. The van der Waals surface area contributed by atoms with Gasteiger partial charge in [0, 0.05) is 12.3 Å². The number of carbonyl (C=O) groups is 4. The lowest BCUT2D eigenvalue weighted by Gasteiger charge is -2.20. The van der Waals surface area contributed by atoms with Crippen LogP contribution in [0.5, 0.6) is 5.75 Å². The molecule has 0 saturated carbocycles. The molecule has 1 aromatic heterocycles. The Morgan fingerprint density at radius 3 is 2.58 bits per heavy atom. The van der Waals surface area contributed by atoms with E-state index in [1.165, 1.54) is 30.3 Å². The van der Waals surface area contributed by atoms with Crippen LogP contribution < -0.4 is 15.0 Å². The summed E-state index contributed by atoms with van der Waals surface area (Å²) in [5, 5.41) is 4.54. The summed E-state index contributed by atoms with van der Waals surface area (Å²) in [6.45, 7) is 3.86. The number of hydrogen-bond acceptors (Lipinski definition) is 8. The molecular formula is C20H22N4O6S. The Morgan fingerprint density at radius 2 is 1.97 bits per heavy atom. The number of anilines is 2. The molecule has 164 valence electrons. The first-order chi connectivity index (χ1) is 14.6. The quantitative estimate of drug-likeness (QED) is 0.512. The topological polar surface area (TPSA) is 118 Å². The molecule has 0 bridgehead atoms. The molecule has 4 amide bonds. The Balaban J connectivity index is 1.67. The predicted octanol–water partition coefficient (Wildman–Crippen LogP) is 2.21. The highest BCUT2D eigenvalue weighted by Crippen LogP contribution is 2.35. The number of nitrogens with one attached hydrogen (secondary N) is 1. The van der Waals surface area contributed by atoms with Gasteiger partial charge in [0.2, 0.25) is 5.91 Å². The van der Waals surface area contributed by atoms with E-state index in [-0.39, 0.29) is 12.5 Å². The molecule has 0 spiro atoms. The van der Waals surface area contributed by atoms with Gasteiger partial charge >= 0.3 is 12.0 Å². The number of thiazole rings is 1. The van der Waals surface area contributed by atoms with Crippen LogP contribution in [0.1, 0.15) is 26.5 Å². The molecule has 31 heavy (non-hydrogen) atoms. The zero-order valence-corrected chi connectivity index (χ0v) is 18.3. The minimum atomic E-state index is -1.06. The van der Waals surface area contributed by atoms with E-state index in [0.29, 0.717) is 22.3 Å². The third-order valence-corrected chi connectivity index (χ3v) is 5.36. The monoisotopic (exact) mass is 446 g/mol. The van der Waals surface area contributed by atoms with Gasteiger partial charge in [-0.25, -0.2) is 9.78 Å². The van der Waals surface area contributed by atoms with Crippen LogP contribution in [0.2, 0.25) is 0 Å². The molecule has 0 aliphatic carbocycles. The summed E-state index contributed by atoms with van der Waals surface area (Å²) < 4.78 is 10.5. The molecule has 1 aliphatic heterocycles. The van der Waals surface area contributed by atoms with E-state index < -0.39 is 30.0 Å². The largest absolute Gasteiger partial charge is 0.495 e. The number of nitrogens with zero attached hydrogens (tertiary/aromatic N) is 3. The van der Waals surface area contributed by atoms with Crippen LogP contribution in [0.25, 0.3) is 0 Å². The summed E-state index contributed by atoms with van der Waals surface area (Å²) in [5.41, 5.74) is -0.0980. The minimum absolute atomic E-state index is 0.167. The highest BCUT2D eigenvalue weighted by Gasteiger charge is 2.45. The van der Waals surface area contributed by atoms with Crippen molar-refractivity contribution in [3.8, 4) is 5.75 Å². The number of carbonyl (C=O) groups excluding carboxylic acids is 4. The van der Waals surface area contributed by atoms with Gasteiger partial charge in [-0.2, -0.15) is 0 Å². The predicted molar refractivity (Wildman–Crippen MR) is 112 cm³/mol. The second-order valence-corrected chi connectivity index (χ2v) is 8.09. The fourth-order valence-electron chi connectivity index (χ4n) is 2.98. The van der Waals surface area contributed by atoms with Gasteiger partial charge < -0.3 is 14.8 Å². The number of imide groups is 1.